The van der Waals surface area contributed by atoms with E-state index in [4.69, 9.17) is 0 Å². The molecule has 2 aromatic rings. The van der Waals surface area contributed by atoms with E-state index in [2.05, 4.69) is 5.32 Å². The van der Waals surface area contributed by atoms with Crippen LogP contribution in [0.3, 0.4) is 0 Å². The summed E-state index contributed by atoms with van der Waals surface area (Å²) in [5, 5.41) is 2.88. The van der Waals surface area contributed by atoms with Crippen LogP contribution in [0.2, 0.25) is 0 Å². The third-order valence-corrected chi connectivity index (χ3v) is 7.83. The molecule has 1 unspecified atom stereocenters. The normalized spacial score (nSPS) is 19.7. The number of hydrogen-bond donors (Lipinski definition) is 1. The van der Waals surface area contributed by atoms with E-state index in [1.807, 2.05) is 31.2 Å². The van der Waals surface area contributed by atoms with E-state index in [-0.39, 0.29) is 22.6 Å². The van der Waals surface area contributed by atoms with Crippen LogP contribution in [0.4, 0.5) is 5.69 Å². The van der Waals surface area contributed by atoms with Crippen LogP contribution in [0.15, 0.2) is 53.4 Å². The van der Waals surface area contributed by atoms with Crippen LogP contribution in [0.25, 0.3) is 0 Å². The molecule has 2 aliphatic rings. The van der Waals surface area contributed by atoms with E-state index in [9.17, 15) is 18.0 Å². The minimum atomic E-state index is -3.49. The second-order valence-electron chi connectivity index (χ2n) is 8.26. The lowest BCUT2D eigenvalue weighted by Gasteiger charge is -2.17. The summed E-state index contributed by atoms with van der Waals surface area (Å²) in [4.78, 5) is 26.9. The maximum Gasteiger partial charge on any atom is 0.251 e. The van der Waals surface area contributed by atoms with Crippen molar-refractivity contribution in [2.24, 2.45) is 5.92 Å². The van der Waals surface area contributed by atoms with Gasteiger partial charge >= 0.3 is 0 Å². The molecule has 0 saturated carbocycles. The lowest BCUT2D eigenvalue weighted by Crippen LogP contribution is -2.31. The number of anilines is 1. The summed E-state index contributed by atoms with van der Waals surface area (Å²) in [6.45, 7) is 4.05. The third-order valence-electron chi connectivity index (χ3n) is 5.92. The highest BCUT2D eigenvalue weighted by atomic mass is 32.2. The Labute approximate surface area is 183 Å². The number of aryl methyl sites for hydroxylation is 1. The standard InChI is InChI=1S/C23H27N3O4S/c1-17-4-8-20(9-5-17)26-16-18(14-22(26)27)15-24-23(28)19-6-10-21(11-7-19)31(29,30)25-12-2-3-13-25/h4-11,18H,2-3,12-16H2,1H3,(H,24,28). The van der Waals surface area contributed by atoms with E-state index >= 15 is 0 Å². The number of amides is 2. The molecule has 0 aliphatic carbocycles. The van der Waals surface area contributed by atoms with Crippen LogP contribution in [0.1, 0.15) is 35.2 Å². The van der Waals surface area contributed by atoms with Crippen LogP contribution in [0.5, 0.6) is 0 Å². The quantitative estimate of drug-likeness (QED) is 0.746. The molecule has 1 atom stereocenters. The summed E-state index contributed by atoms with van der Waals surface area (Å²) >= 11 is 0. The molecule has 1 N–H and O–H groups in total. The number of carbonyl (C=O) groups excluding carboxylic acids is 2. The summed E-state index contributed by atoms with van der Waals surface area (Å²) in [5.41, 5.74) is 2.41. The highest BCUT2D eigenvalue weighted by Gasteiger charge is 2.31. The van der Waals surface area contributed by atoms with Crippen molar-refractivity contribution in [3.8, 4) is 0 Å². The van der Waals surface area contributed by atoms with Crippen molar-refractivity contribution in [1.82, 2.24) is 9.62 Å². The minimum Gasteiger partial charge on any atom is -0.352 e. The molecule has 2 fully saturated rings. The van der Waals surface area contributed by atoms with Gasteiger partial charge in [-0.05, 0) is 56.2 Å². The Morgan fingerprint density at radius 1 is 1.03 bits per heavy atom. The molecule has 164 valence electrons. The Morgan fingerprint density at radius 2 is 1.68 bits per heavy atom. The maximum atomic E-state index is 12.6. The van der Waals surface area contributed by atoms with Crippen molar-refractivity contribution in [3.63, 3.8) is 0 Å². The van der Waals surface area contributed by atoms with Gasteiger partial charge in [-0.15, -0.1) is 0 Å². The molecule has 4 rings (SSSR count). The zero-order valence-electron chi connectivity index (χ0n) is 17.6. The fraction of sp³-hybridized carbons (Fsp3) is 0.391. The second-order valence-corrected chi connectivity index (χ2v) is 10.2. The molecular formula is C23H27N3O4S. The Balaban J connectivity index is 1.34. The first-order valence-electron chi connectivity index (χ1n) is 10.6. The SMILES string of the molecule is Cc1ccc(N2CC(CNC(=O)c3ccc(S(=O)(=O)N4CCCC4)cc3)CC2=O)cc1. The van der Waals surface area contributed by atoms with Crippen molar-refractivity contribution >= 4 is 27.5 Å². The van der Waals surface area contributed by atoms with E-state index in [0.717, 1.165) is 24.1 Å². The zero-order chi connectivity index (χ0) is 22.0. The molecule has 0 radical (unpaired) electrons. The molecule has 2 saturated heterocycles. The first-order valence-corrected chi connectivity index (χ1v) is 12.0. The van der Waals surface area contributed by atoms with Gasteiger partial charge in [0, 0.05) is 49.8 Å². The molecule has 0 aromatic heterocycles. The Hall–Kier alpha value is -2.71. The smallest absolute Gasteiger partial charge is 0.251 e. The number of rotatable bonds is 6. The van der Waals surface area contributed by atoms with Gasteiger partial charge in [-0.25, -0.2) is 8.42 Å². The molecule has 2 aliphatic heterocycles. The molecule has 7 nitrogen and oxygen atoms in total. The summed E-state index contributed by atoms with van der Waals surface area (Å²) < 4.78 is 26.7. The molecule has 2 aromatic carbocycles. The van der Waals surface area contributed by atoms with Crippen molar-refractivity contribution in [1.29, 1.82) is 0 Å². The summed E-state index contributed by atoms with van der Waals surface area (Å²) in [6.07, 6.45) is 2.15. The first kappa shape index (κ1) is 21.5. The number of nitrogens with zero attached hydrogens (tertiary/aromatic N) is 2. The number of carbonyl (C=O) groups is 2. The lowest BCUT2D eigenvalue weighted by molar-refractivity contribution is -0.117. The second kappa shape index (κ2) is 8.80. The van der Waals surface area contributed by atoms with E-state index in [1.165, 1.54) is 28.6 Å². The van der Waals surface area contributed by atoms with Gasteiger partial charge < -0.3 is 10.2 Å². The summed E-state index contributed by atoms with van der Waals surface area (Å²) in [5.74, 6) is -0.182. The van der Waals surface area contributed by atoms with E-state index in [0.29, 0.717) is 38.2 Å². The van der Waals surface area contributed by atoms with Crippen LogP contribution in [-0.4, -0.2) is 50.7 Å². The topological polar surface area (TPSA) is 86.8 Å². The number of hydrogen-bond acceptors (Lipinski definition) is 4. The molecular weight excluding hydrogens is 414 g/mol. The van der Waals surface area contributed by atoms with Crippen LogP contribution >= 0.6 is 0 Å². The summed E-state index contributed by atoms with van der Waals surface area (Å²) in [6, 6.07) is 13.9. The van der Waals surface area contributed by atoms with Crippen LogP contribution < -0.4 is 10.2 Å². The van der Waals surface area contributed by atoms with Crippen molar-refractivity contribution in [2.75, 3.05) is 31.1 Å². The molecule has 0 spiro atoms. The number of nitrogens with one attached hydrogen (secondary N) is 1. The van der Waals surface area contributed by atoms with E-state index in [1.54, 1.807) is 4.90 Å². The summed E-state index contributed by atoms with van der Waals surface area (Å²) in [7, 11) is -3.49. The molecule has 31 heavy (non-hydrogen) atoms. The fourth-order valence-corrected chi connectivity index (χ4v) is 5.60. The van der Waals surface area contributed by atoms with Crippen LogP contribution in [0, 0.1) is 12.8 Å². The number of sulfonamides is 1. The average molecular weight is 442 g/mol. The maximum absolute atomic E-state index is 12.6. The van der Waals surface area contributed by atoms with Gasteiger partial charge in [0.15, 0.2) is 0 Å². The average Bonchev–Trinajstić information content (AvgIpc) is 3.43. The fourth-order valence-electron chi connectivity index (χ4n) is 4.09. The molecule has 8 heteroatoms. The molecule has 0 bridgehead atoms. The van der Waals surface area contributed by atoms with Gasteiger partial charge in [0.25, 0.3) is 5.91 Å². The minimum absolute atomic E-state index is 0.0348. The van der Waals surface area contributed by atoms with Gasteiger partial charge in [-0.2, -0.15) is 4.31 Å². The monoisotopic (exact) mass is 441 g/mol. The Bertz CT molecular complexity index is 1060. The van der Waals surface area contributed by atoms with Gasteiger partial charge in [0.05, 0.1) is 4.90 Å². The predicted molar refractivity (Wildman–Crippen MR) is 118 cm³/mol. The predicted octanol–water partition coefficient (Wildman–Crippen LogP) is 2.56. The van der Waals surface area contributed by atoms with Gasteiger partial charge in [0.2, 0.25) is 15.9 Å². The van der Waals surface area contributed by atoms with Gasteiger partial charge in [0.1, 0.15) is 0 Å². The van der Waals surface area contributed by atoms with Crippen LogP contribution in [-0.2, 0) is 14.8 Å². The Morgan fingerprint density at radius 3 is 2.32 bits per heavy atom. The van der Waals surface area contributed by atoms with Crippen molar-refractivity contribution in [3.05, 3.63) is 59.7 Å². The largest absolute Gasteiger partial charge is 0.352 e. The zero-order valence-corrected chi connectivity index (χ0v) is 18.4. The molecule has 2 amide bonds. The highest BCUT2D eigenvalue weighted by Crippen LogP contribution is 2.25. The molecule has 2 heterocycles. The van der Waals surface area contributed by atoms with Gasteiger partial charge in [-0.1, -0.05) is 17.7 Å². The third kappa shape index (κ3) is 4.65. The first-order chi connectivity index (χ1) is 14.8. The lowest BCUT2D eigenvalue weighted by atomic mass is 10.1. The van der Waals surface area contributed by atoms with E-state index < -0.39 is 10.0 Å². The number of benzene rings is 2. The van der Waals surface area contributed by atoms with Crippen molar-refractivity contribution in [2.45, 2.75) is 31.1 Å². The highest BCUT2D eigenvalue weighted by molar-refractivity contribution is 7.89. The Kier molecular flexibility index (Phi) is 6.11. The van der Waals surface area contributed by atoms with Gasteiger partial charge in [-0.3, -0.25) is 9.59 Å². The van der Waals surface area contributed by atoms with Crippen molar-refractivity contribution < 1.29 is 18.0 Å².